The zero-order valence-corrected chi connectivity index (χ0v) is 24.6. The van der Waals surface area contributed by atoms with Crippen LogP contribution in [-0.4, -0.2) is 54.2 Å². The number of carbonyl (C=O) groups excluding carboxylic acids is 1. The van der Waals surface area contributed by atoms with Gasteiger partial charge in [-0.05, 0) is 38.1 Å². The molecule has 43 heavy (non-hydrogen) atoms. The van der Waals surface area contributed by atoms with E-state index in [0.717, 1.165) is 69.9 Å². The Balaban J connectivity index is 1.10. The largest absolute Gasteiger partial charge is 0.497 e. The van der Waals surface area contributed by atoms with Crippen LogP contribution in [-0.2, 0) is 11.3 Å². The zero-order valence-electron chi connectivity index (χ0n) is 24.6. The molecule has 0 radical (unpaired) electrons. The molecule has 8 heteroatoms. The fourth-order valence-corrected chi connectivity index (χ4v) is 6.45. The summed E-state index contributed by atoms with van der Waals surface area (Å²) >= 11 is 0. The number of methoxy groups -OCH3 is 2. The minimum absolute atomic E-state index is 0.00628. The topological polar surface area (TPSA) is 79.0 Å². The quantitative estimate of drug-likeness (QED) is 0.295. The molecule has 1 unspecified atom stereocenters. The first-order valence-corrected chi connectivity index (χ1v) is 14.7. The molecule has 2 N–H and O–H groups in total. The lowest BCUT2D eigenvalue weighted by molar-refractivity contribution is -0.118. The molecule has 1 saturated carbocycles. The van der Waals surface area contributed by atoms with Crippen molar-refractivity contribution in [2.24, 2.45) is 5.92 Å². The van der Waals surface area contributed by atoms with Gasteiger partial charge < -0.3 is 25.0 Å². The molecule has 1 aromatic heterocycles. The van der Waals surface area contributed by atoms with Crippen LogP contribution in [0.4, 0.5) is 0 Å². The summed E-state index contributed by atoms with van der Waals surface area (Å²) in [6.07, 6.45) is 5.77. The van der Waals surface area contributed by atoms with Crippen molar-refractivity contribution in [3.63, 3.8) is 0 Å². The maximum absolute atomic E-state index is 13.2. The standard InChI is InChI=1S/C35H35N5O3/c1-39(21-25-11-13-28(42-2)20-31(25)43-3)27-17-26(18-27)34-38-32(33-35(41)36-15-16-40(33)34)24-10-9-23-12-14-29(37-30(23)19-24)22-7-5-4-6-8-22/h4-16,19-20,26-27,34,38H,17-18,21H2,1-3H3,(H,36,41). The number of amides is 1. The third-order valence-corrected chi connectivity index (χ3v) is 8.94. The summed E-state index contributed by atoms with van der Waals surface area (Å²) in [6, 6.07) is 27.0. The highest BCUT2D eigenvalue weighted by Crippen LogP contribution is 2.42. The van der Waals surface area contributed by atoms with Gasteiger partial charge in [-0.2, -0.15) is 0 Å². The summed E-state index contributed by atoms with van der Waals surface area (Å²) in [6.45, 7) is 0.790. The van der Waals surface area contributed by atoms with Crippen molar-refractivity contribution in [2.45, 2.75) is 31.6 Å². The van der Waals surface area contributed by atoms with Crippen molar-refractivity contribution in [3.8, 4) is 22.8 Å². The summed E-state index contributed by atoms with van der Waals surface area (Å²) in [7, 11) is 5.53. The Bertz CT molecular complexity index is 1750. The van der Waals surface area contributed by atoms with Gasteiger partial charge in [0.05, 0.1) is 31.1 Å². The monoisotopic (exact) mass is 573 g/mol. The molecule has 3 heterocycles. The first-order chi connectivity index (χ1) is 21.0. The Morgan fingerprint density at radius 1 is 0.953 bits per heavy atom. The number of hydrogen-bond donors (Lipinski definition) is 2. The molecule has 4 aromatic rings. The van der Waals surface area contributed by atoms with Crippen molar-refractivity contribution >= 4 is 22.5 Å². The van der Waals surface area contributed by atoms with E-state index < -0.39 is 0 Å². The molecule has 7 rings (SSSR count). The average Bonchev–Trinajstić information content (AvgIpc) is 3.41. The van der Waals surface area contributed by atoms with Crippen molar-refractivity contribution in [3.05, 3.63) is 108 Å². The Morgan fingerprint density at radius 2 is 1.77 bits per heavy atom. The van der Waals surface area contributed by atoms with E-state index in [1.807, 2.05) is 36.5 Å². The molecule has 3 aliphatic rings. The Morgan fingerprint density at radius 3 is 2.56 bits per heavy atom. The third-order valence-electron chi connectivity index (χ3n) is 8.94. The maximum Gasteiger partial charge on any atom is 0.274 e. The van der Waals surface area contributed by atoms with Crippen molar-refractivity contribution in [1.82, 2.24) is 25.4 Å². The summed E-state index contributed by atoms with van der Waals surface area (Å²) in [4.78, 5) is 22.6. The normalized spacial score (nSPS) is 21.0. The maximum atomic E-state index is 13.2. The molecule has 1 fully saturated rings. The van der Waals surface area contributed by atoms with Crippen LogP contribution >= 0.6 is 0 Å². The molecule has 0 spiro atoms. The van der Waals surface area contributed by atoms with Gasteiger partial charge in [0.2, 0.25) is 0 Å². The number of ether oxygens (including phenoxy) is 2. The van der Waals surface area contributed by atoms with Crippen LogP contribution in [0.3, 0.4) is 0 Å². The predicted molar refractivity (Wildman–Crippen MR) is 168 cm³/mol. The minimum Gasteiger partial charge on any atom is -0.497 e. The van der Waals surface area contributed by atoms with Crippen molar-refractivity contribution < 1.29 is 14.3 Å². The highest BCUT2D eigenvalue weighted by Gasteiger charge is 2.45. The van der Waals surface area contributed by atoms with E-state index in [9.17, 15) is 4.79 Å². The van der Waals surface area contributed by atoms with Crippen LogP contribution in [0.15, 0.2) is 97.0 Å². The van der Waals surface area contributed by atoms with Crippen LogP contribution in [0.5, 0.6) is 11.5 Å². The molecule has 8 nitrogen and oxygen atoms in total. The molecular weight excluding hydrogens is 538 g/mol. The van der Waals surface area contributed by atoms with E-state index in [2.05, 4.69) is 76.0 Å². The Kier molecular flexibility index (Phi) is 6.99. The van der Waals surface area contributed by atoms with Gasteiger partial charge in [0, 0.05) is 59.0 Å². The predicted octanol–water partition coefficient (Wildman–Crippen LogP) is 5.33. The number of benzene rings is 3. The molecule has 218 valence electrons. The van der Waals surface area contributed by atoms with Crippen molar-refractivity contribution in [2.75, 3.05) is 21.3 Å². The lowest BCUT2D eigenvalue weighted by Crippen LogP contribution is -2.53. The van der Waals surface area contributed by atoms with Gasteiger partial charge >= 0.3 is 0 Å². The molecule has 0 saturated heterocycles. The average molecular weight is 574 g/mol. The molecule has 3 aromatic carbocycles. The molecule has 0 bridgehead atoms. The molecule has 1 amide bonds. The Hall–Kier alpha value is -4.82. The lowest BCUT2D eigenvalue weighted by atomic mass is 9.77. The third kappa shape index (κ3) is 4.97. The van der Waals surface area contributed by atoms with Crippen LogP contribution in [0, 0.1) is 5.92 Å². The van der Waals surface area contributed by atoms with Crippen LogP contribution < -0.4 is 20.1 Å². The first kappa shape index (κ1) is 27.0. The number of rotatable bonds is 8. The number of carbonyl (C=O) groups is 1. The second kappa shape index (κ2) is 11.1. The fraction of sp³-hybridized carbons (Fsp3) is 0.257. The number of nitrogens with one attached hydrogen (secondary N) is 2. The van der Waals surface area contributed by atoms with E-state index in [0.29, 0.717) is 17.7 Å². The second-order valence-electron chi connectivity index (χ2n) is 11.5. The number of pyridine rings is 1. The van der Waals surface area contributed by atoms with Gasteiger partial charge in [-0.3, -0.25) is 9.69 Å². The summed E-state index contributed by atoms with van der Waals surface area (Å²) in [5, 5.41) is 7.69. The van der Waals surface area contributed by atoms with Crippen molar-refractivity contribution in [1.29, 1.82) is 0 Å². The summed E-state index contributed by atoms with van der Waals surface area (Å²) < 4.78 is 11.0. The number of fused-ring (bicyclic) bond motifs is 2. The van der Waals surface area contributed by atoms with E-state index in [-0.39, 0.29) is 12.1 Å². The molecular formula is C35H35N5O3. The number of hydrogen-bond acceptors (Lipinski definition) is 7. The Labute approximate surface area is 251 Å². The van der Waals surface area contributed by atoms with Gasteiger partial charge in [-0.1, -0.05) is 54.6 Å². The molecule has 2 aliphatic heterocycles. The van der Waals surface area contributed by atoms with Crippen LogP contribution in [0.25, 0.3) is 27.9 Å². The smallest absolute Gasteiger partial charge is 0.274 e. The van der Waals surface area contributed by atoms with Gasteiger partial charge in [0.1, 0.15) is 23.4 Å². The zero-order chi connectivity index (χ0) is 29.5. The highest BCUT2D eigenvalue weighted by atomic mass is 16.5. The molecule has 1 atom stereocenters. The summed E-state index contributed by atoms with van der Waals surface area (Å²) in [5.74, 6) is 1.91. The van der Waals surface area contributed by atoms with Gasteiger partial charge in [-0.25, -0.2) is 4.98 Å². The van der Waals surface area contributed by atoms with Crippen LogP contribution in [0.2, 0.25) is 0 Å². The lowest BCUT2D eigenvalue weighted by Gasteiger charge is -2.46. The van der Waals surface area contributed by atoms with E-state index in [1.54, 1.807) is 20.4 Å². The van der Waals surface area contributed by atoms with Gasteiger partial charge in [-0.15, -0.1) is 0 Å². The SMILES string of the molecule is COc1ccc(CN(C)C2CC(C3NC(c4ccc5ccc(-c6ccccc6)nc5c4)=C4C(=O)NC=CN43)C2)c(OC)c1. The second-order valence-corrected chi connectivity index (χ2v) is 11.5. The number of nitrogens with zero attached hydrogens (tertiary/aromatic N) is 3. The summed E-state index contributed by atoms with van der Waals surface area (Å²) in [5.41, 5.74) is 6.50. The van der Waals surface area contributed by atoms with E-state index in [4.69, 9.17) is 14.5 Å². The van der Waals surface area contributed by atoms with Gasteiger partial charge in [0.15, 0.2) is 0 Å². The number of aromatic nitrogens is 1. The first-order valence-electron chi connectivity index (χ1n) is 14.7. The van der Waals surface area contributed by atoms with E-state index >= 15 is 0 Å². The highest BCUT2D eigenvalue weighted by molar-refractivity contribution is 6.03. The fourth-order valence-electron chi connectivity index (χ4n) is 6.45. The van der Waals surface area contributed by atoms with Crippen LogP contribution in [0.1, 0.15) is 24.0 Å². The van der Waals surface area contributed by atoms with Gasteiger partial charge in [0.25, 0.3) is 5.91 Å². The molecule has 1 aliphatic carbocycles. The minimum atomic E-state index is -0.0989. The van der Waals surface area contributed by atoms with E-state index in [1.165, 1.54) is 0 Å².